The number of carboxylic acid groups (broad SMARTS) is 1. The van der Waals surface area contributed by atoms with Crippen LogP contribution in [0.5, 0.6) is 0 Å². The van der Waals surface area contributed by atoms with E-state index in [9.17, 15) is 19.1 Å². The van der Waals surface area contributed by atoms with E-state index in [1.165, 1.54) is 6.07 Å². The summed E-state index contributed by atoms with van der Waals surface area (Å²) < 4.78 is 13.4. The van der Waals surface area contributed by atoms with Crippen LogP contribution < -0.4 is 0 Å². The fourth-order valence-electron chi connectivity index (χ4n) is 3.71. The van der Waals surface area contributed by atoms with E-state index in [0.717, 1.165) is 11.1 Å². The van der Waals surface area contributed by atoms with E-state index in [0.29, 0.717) is 37.8 Å². The molecule has 0 aliphatic carbocycles. The molecule has 1 saturated heterocycles. The maximum Gasteiger partial charge on any atom is 0.335 e. The zero-order valence-corrected chi connectivity index (χ0v) is 16.9. The lowest BCUT2D eigenvalue weighted by Crippen LogP contribution is -2.33. The summed E-state index contributed by atoms with van der Waals surface area (Å²) in [6, 6.07) is 11.4. The van der Waals surface area contributed by atoms with Gasteiger partial charge >= 0.3 is 5.97 Å². The normalized spacial score (nSPS) is 17.6. The van der Waals surface area contributed by atoms with E-state index in [4.69, 9.17) is 5.11 Å². The summed E-state index contributed by atoms with van der Waals surface area (Å²) in [7, 11) is 0. The molecule has 6 heteroatoms. The molecule has 0 radical (unpaired) electrons. The summed E-state index contributed by atoms with van der Waals surface area (Å²) >= 11 is 0. The van der Waals surface area contributed by atoms with Gasteiger partial charge in [-0.05, 0) is 54.7 Å². The lowest BCUT2D eigenvalue weighted by molar-refractivity contribution is -0.128. The number of benzene rings is 2. The third kappa shape index (κ3) is 5.54. The molecule has 3 rings (SSSR count). The molecule has 2 N–H and O–H groups in total. The second-order valence-electron chi connectivity index (χ2n) is 7.69. The summed E-state index contributed by atoms with van der Waals surface area (Å²) in [5.41, 5.74) is 2.61. The highest BCUT2D eigenvalue weighted by Gasteiger charge is 2.28. The minimum atomic E-state index is -0.962. The van der Waals surface area contributed by atoms with Gasteiger partial charge in [0.15, 0.2) is 0 Å². The highest BCUT2D eigenvalue weighted by molar-refractivity contribution is 5.87. The van der Waals surface area contributed by atoms with Crippen molar-refractivity contribution in [2.45, 2.75) is 44.8 Å². The first kappa shape index (κ1) is 21.7. The molecule has 30 heavy (non-hydrogen) atoms. The summed E-state index contributed by atoms with van der Waals surface area (Å²) in [4.78, 5) is 25.0. The van der Waals surface area contributed by atoms with E-state index in [1.807, 2.05) is 6.08 Å². The summed E-state index contributed by atoms with van der Waals surface area (Å²) in [6.45, 7) is 2.23. The first-order valence-corrected chi connectivity index (χ1v) is 10.1. The van der Waals surface area contributed by atoms with E-state index < -0.39 is 12.1 Å². The highest BCUT2D eigenvalue weighted by Crippen LogP contribution is 2.21. The molecule has 1 aliphatic rings. The number of carbonyl (C=O) groups excluding carboxylic acids is 1. The topological polar surface area (TPSA) is 77.8 Å². The van der Waals surface area contributed by atoms with Crippen molar-refractivity contribution in [1.82, 2.24) is 4.90 Å². The van der Waals surface area contributed by atoms with Crippen molar-refractivity contribution in [2.75, 3.05) is 6.54 Å². The van der Waals surface area contributed by atoms with Crippen LogP contribution in [0, 0.1) is 12.7 Å². The Morgan fingerprint density at radius 2 is 1.93 bits per heavy atom. The molecule has 1 heterocycles. The number of carbonyl (C=O) groups is 2. The minimum absolute atomic E-state index is 0.0691. The number of nitrogens with zero attached hydrogens (tertiary/aromatic N) is 1. The van der Waals surface area contributed by atoms with Gasteiger partial charge in [0, 0.05) is 19.4 Å². The monoisotopic (exact) mass is 411 g/mol. The number of likely N-dealkylation sites (tertiary alicyclic amines) is 1. The van der Waals surface area contributed by atoms with Gasteiger partial charge in [-0.1, -0.05) is 36.4 Å². The van der Waals surface area contributed by atoms with Gasteiger partial charge in [-0.2, -0.15) is 0 Å². The summed E-state index contributed by atoms with van der Waals surface area (Å²) in [5.74, 6) is -1.15. The average Bonchev–Trinajstić information content (AvgIpc) is 3.07. The van der Waals surface area contributed by atoms with Crippen molar-refractivity contribution < 1.29 is 24.2 Å². The van der Waals surface area contributed by atoms with Gasteiger partial charge in [0.2, 0.25) is 5.91 Å². The van der Waals surface area contributed by atoms with E-state index in [1.54, 1.807) is 54.3 Å². The van der Waals surface area contributed by atoms with Gasteiger partial charge in [0.25, 0.3) is 0 Å². The molecule has 5 nitrogen and oxygen atoms in total. The summed E-state index contributed by atoms with van der Waals surface area (Å²) in [6.07, 6.45) is 5.06. The smallest absolute Gasteiger partial charge is 0.335 e. The zero-order chi connectivity index (χ0) is 21.7. The number of aryl methyl sites for hydroxylation is 1. The maximum atomic E-state index is 13.4. The van der Waals surface area contributed by atoms with Gasteiger partial charge in [-0.3, -0.25) is 4.79 Å². The Kier molecular flexibility index (Phi) is 7.00. The lowest BCUT2D eigenvalue weighted by Gasteiger charge is -2.23. The number of hydrogen-bond donors (Lipinski definition) is 2. The molecule has 0 unspecified atom stereocenters. The molecule has 1 aliphatic heterocycles. The van der Waals surface area contributed by atoms with Crippen molar-refractivity contribution in [2.24, 2.45) is 0 Å². The molecule has 2 atom stereocenters. The second kappa shape index (κ2) is 9.67. The Morgan fingerprint density at radius 3 is 2.60 bits per heavy atom. The van der Waals surface area contributed by atoms with Crippen molar-refractivity contribution in [3.05, 3.63) is 82.7 Å². The molecule has 158 valence electrons. The summed E-state index contributed by atoms with van der Waals surface area (Å²) in [5, 5.41) is 19.3. The van der Waals surface area contributed by atoms with Crippen molar-refractivity contribution in [1.29, 1.82) is 0 Å². The number of rotatable bonds is 8. The standard InChI is InChI=1S/C24H26FNO4/c1-16-14-18(4-10-22(16)25)15-21(27)9-7-20-8-11-23(28)26(20)13-12-17-2-5-19(6-3-17)24(29)30/h2-7,9-10,14,20-21,27H,8,11-13,15H2,1H3,(H,29,30)/b9-7+/t20-,21+/m0/s1. The van der Waals surface area contributed by atoms with E-state index >= 15 is 0 Å². The van der Waals surface area contributed by atoms with Crippen molar-refractivity contribution >= 4 is 11.9 Å². The fourth-order valence-corrected chi connectivity index (χ4v) is 3.71. The molecular formula is C24H26FNO4. The van der Waals surface area contributed by atoms with Crippen LogP contribution in [0.25, 0.3) is 0 Å². The first-order valence-electron chi connectivity index (χ1n) is 10.1. The van der Waals surface area contributed by atoms with Gasteiger partial charge in [0.1, 0.15) is 5.82 Å². The Labute approximate surface area is 175 Å². The predicted octanol–water partition coefficient (Wildman–Crippen LogP) is 3.53. The molecule has 0 bridgehead atoms. The highest BCUT2D eigenvalue weighted by atomic mass is 19.1. The predicted molar refractivity (Wildman–Crippen MR) is 112 cm³/mol. The SMILES string of the molecule is Cc1cc(C[C@H](O)/C=C/[C@H]2CCC(=O)N2CCc2ccc(C(=O)O)cc2)ccc1F. The van der Waals surface area contributed by atoms with Crippen LogP contribution >= 0.6 is 0 Å². The van der Waals surface area contributed by atoms with Crippen LogP contribution in [0.4, 0.5) is 4.39 Å². The number of aliphatic hydroxyl groups excluding tert-OH is 1. The van der Waals surface area contributed by atoms with Gasteiger partial charge in [0.05, 0.1) is 17.7 Å². The lowest BCUT2D eigenvalue weighted by atomic mass is 10.0. The fraction of sp³-hybridized carbons (Fsp3) is 0.333. The molecular weight excluding hydrogens is 385 g/mol. The Hall–Kier alpha value is -2.99. The molecule has 0 saturated carbocycles. The number of carboxylic acids is 1. The number of aliphatic hydroxyl groups is 1. The van der Waals surface area contributed by atoms with Gasteiger partial charge in [-0.25, -0.2) is 9.18 Å². The van der Waals surface area contributed by atoms with Crippen LogP contribution in [-0.2, 0) is 17.6 Å². The van der Waals surface area contributed by atoms with Crippen LogP contribution in [0.3, 0.4) is 0 Å². The van der Waals surface area contributed by atoms with Gasteiger partial charge < -0.3 is 15.1 Å². The van der Waals surface area contributed by atoms with Crippen molar-refractivity contribution in [3.8, 4) is 0 Å². The Balaban J connectivity index is 1.57. The van der Waals surface area contributed by atoms with Gasteiger partial charge in [-0.15, -0.1) is 0 Å². The second-order valence-corrected chi connectivity index (χ2v) is 7.69. The molecule has 2 aromatic rings. The van der Waals surface area contributed by atoms with Crippen LogP contribution in [0.2, 0.25) is 0 Å². The molecule has 1 amide bonds. The van der Waals surface area contributed by atoms with Crippen LogP contribution in [-0.4, -0.2) is 45.7 Å². The Morgan fingerprint density at radius 1 is 1.23 bits per heavy atom. The van der Waals surface area contributed by atoms with Crippen LogP contribution in [0.15, 0.2) is 54.6 Å². The zero-order valence-electron chi connectivity index (χ0n) is 16.9. The minimum Gasteiger partial charge on any atom is -0.478 e. The molecule has 2 aromatic carbocycles. The van der Waals surface area contributed by atoms with E-state index in [2.05, 4.69) is 0 Å². The Bertz CT molecular complexity index is 939. The average molecular weight is 411 g/mol. The van der Waals surface area contributed by atoms with Crippen LogP contribution in [0.1, 0.15) is 39.9 Å². The number of aromatic carboxylic acids is 1. The molecule has 0 spiro atoms. The third-order valence-electron chi connectivity index (χ3n) is 5.44. The molecule has 1 fully saturated rings. The third-order valence-corrected chi connectivity index (χ3v) is 5.44. The van der Waals surface area contributed by atoms with Crippen molar-refractivity contribution in [3.63, 3.8) is 0 Å². The largest absolute Gasteiger partial charge is 0.478 e. The number of halogens is 1. The number of hydrogen-bond acceptors (Lipinski definition) is 3. The molecule has 0 aromatic heterocycles. The first-order chi connectivity index (χ1) is 14.3. The van der Waals surface area contributed by atoms with E-state index in [-0.39, 0.29) is 23.3 Å². The maximum absolute atomic E-state index is 13.4. The number of amides is 1. The quantitative estimate of drug-likeness (QED) is 0.652.